The Morgan fingerprint density at radius 3 is 2.05 bits per heavy atom. The van der Waals surface area contributed by atoms with E-state index >= 15 is 0 Å². The molecular weight excluding hydrogens is 264 g/mol. The van der Waals surface area contributed by atoms with Crippen LogP contribution >= 0.6 is 11.3 Å². The third-order valence-electron chi connectivity index (χ3n) is 4.21. The van der Waals surface area contributed by atoms with E-state index in [2.05, 4.69) is 37.9 Å². The molecule has 0 saturated carbocycles. The summed E-state index contributed by atoms with van der Waals surface area (Å²) in [6.07, 6.45) is 13.3. The van der Waals surface area contributed by atoms with Crippen LogP contribution in [0.3, 0.4) is 0 Å². The number of hydrogen-bond donors (Lipinski definition) is 0. The molecule has 0 N–H and O–H groups in total. The molecule has 0 spiro atoms. The van der Waals surface area contributed by atoms with E-state index in [1.165, 1.54) is 69.2 Å². The quantitative estimate of drug-likeness (QED) is 0.465. The Hall–Kier alpha value is -0.440. The van der Waals surface area contributed by atoms with Crippen molar-refractivity contribution in [1.29, 1.82) is 0 Å². The van der Waals surface area contributed by atoms with Crippen molar-refractivity contribution in [2.75, 3.05) is 0 Å². The van der Waals surface area contributed by atoms with E-state index in [4.69, 9.17) is 0 Å². The zero-order valence-electron chi connectivity index (χ0n) is 13.9. The molecule has 0 amide bonds. The number of rotatable bonds is 11. The molecule has 0 bridgehead atoms. The molecule has 0 saturated heterocycles. The SMILES string of the molecule is CCCCCCCCC(C)(CCCC)c1nnc(C)s1. The Kier molecular flexibility index (Phi) is 8.35. The van der Waals surface area contributed by atoms with Gasteiger partial charge in [-0.3, -0.25) is 0 Å². The van der Waals surface area contributed by atoms with E-state index in [-0.39, 0.29) is 5.41 Å². The Morgan fingerprint density at radius 2 is 1.45 bits per heavy atom. The van der Waals surface area contributed by atoms with Crippen LogP contribution in [-0.4, -0.2) is 10.2 Å². The molecule has 1 aromatic heterocycles. The lowest BCUT2D eigenvalue weighted by Gasteiger charge is -2.27. The van der Waals surface area contributed by atoms with Gasteiger partial charge in [-0.2, -0.15) is 0 Å². The zero-order valence-corrected chi connectivity index (χ0v) is 14.7. The van der Waals surface area contributed by atoms with Crippen molar-refractivity contribution in [1.82, 2.24) is 10.2 Å². The second kappa shape index (κ2) is 9.49. The first-order chi connectivity index (χ1) is 9.62. The third kappa shape index (κ3) is 5.90. The minimum Gasteiger partial charge on any atom is -0.144 e. The molecule has 1 aromatic rings. The molecule has 3 heteroatoms. The molecule has 0 fully saturated rings. The van der Waals surface area contributed by atoms with Crippen molar-refractivity contribution >= 4 is 11.3 Å². The molecule has 1 rings (SSSR count). The van der Waals surface area contributed by atoms with E-state index in [0.29, 0.717) is 0 Å². The van der Waals surface area contributed by atoms with Crippen LogP contribution in [0, 0.1) is 6.92 Å². The lowest BCUT2D eigenvalue weighted by molar-refractivity contribution is 0.364. The van der Waals surface area contributed by atoms with Crippen molar-refractivity contribution in [3.05, 3.63) is 10.0 Å². The summed E-state index contributed by atoms with van der Waals surface area (Å²) >= 11 is 1.79. The van der Waals surface area contributed by atoms with Crippen LogP contribution in [0.1, 0.15) is 95.0 Å². The highest BCUT2D eigenvalue weighted by Gasteiger charge is 2.29. The Balaban J connectivity index is 2.47. The Morgan fingerprint density at radius 1 is 0.850 bits per heavy atom. The van der Waals surface area contributed by atoms with Gasteiger partial charge in [0.1, 0.15) is 10.0 Å². The zero-order chi connectivity index (χ0) is 14.8. The maximum atomic E-state index is 4.44. The predicted octanol–water partition coefficient (Wildman–Crippen LogP) is 6.05. The molecule has 2 nitrogen and oxygen atoms in total. The average molecular weight is 297 g/mol. The standard InChI is InChI=1S/C17H32N2S/c1-5-7-9-10-11-12-14-17(4,13-8-6-2)16-19-18-15(3)20-16/h5-14H2,1-4H3. The minimum atomic E-state index is 0.257. The van der Waals surface area contributed by atoms with Gasteiger partial charge in [-0.05, 0) is 19.8 Å². The van der Waals surface area contributed by atoms with Gasteiger partial charge in [-0.15, -0.1) is 21.5 Å². The molecule has 0 aliphatic carbocycles. The summed E-state index contributed by atoms with van der Waals surface area (Å²) in [4.78, 5) is 0. The van der Waals surface area contributed by atoms with Crippen LogP contribution in [0.25, 0.3) is 0 Å². The summed E-state index contributed by atoms with van der Waals surface area (Å²) in [6.45, 7) is 9.01. The second-order valence-corrected chi connectivity index (χ2v) is 7.49. The predicted molar refractivity (Wildman–Crippen MR) is 89.5 cm³/mol. The van der Waals surface area contributed by atoms with Gasteiger partial charge in [0, 0.05) is 5.41 Å². The molecule has 0 aliphatic heterocycles. The van der Waals surface area contributed by atoms with Crippen molar-refractivity contribution < 1.29 is 0 Å². The second-order valence-electron chi connectivity index (χ2n) is 6.31. The molecule has 1 atom stereocenters. The molecule has 1 unspecified atom stereocenters. The van der Waals surface area contributed by atoms with E-state index in [0.717, 1.165) is 5.01 Å². The highest BCUT2D eigenvalue weighted by molar-refractivity contribution is 7.11. The van der Waals surface area contributed by atoms with Gasteiger partial charge in [-0.1, -0.05) is 72.1 Å². The van der Waals surface area contributed by atoms with Gasteiger partial charge >= 0.3 is 0 Å². The number of nitrogens with zero attached hydrogens (tertiary/aromatic N) is 2. The van der Waals surface area contributed by atoms with Crippen molar-refractivity contribution in [3.63, 3.8) is 0 Å². The molecule has 1 heterocycles. The normalized spacial score (nSPS) is 14.4. The molecule has 0 radical (unpaired) electrons. The van der Waals surface area contributed by atoms with Crippen molar-refractivity contribution in [2.45, 2.75) is 97.3 Å². The van der Waals surface area contributed by atoms with E-state index in [1.807, 2.05) is 0 Å². The van der Waals surface area contributed by atoms with Gasteiger partial charge in [0.25, 0.3) is 0 Å². The monoisotopic (exact) mass is 296 g/mol. The van der Waals surface area contributed by atoms with Gasteiger partial charge < -0.3 is 0 Å². The topological polar surface area (TPSA) is 25.8 Å². The molecule has 20 heavy (non-hydrogen) atoms. The summed E-state index contributed by atoms with van der Waals surface area (Å²) in [7, 11) is 0. The summed E-state index contributed by atoms with van der Waals surface area (Å²) in [5, 5.41) is 11.0. The molecular formula is C17H32N2S. The smallest absolute Gasteiger partial charge is 0.123 e. The summed E-state index contributed by atoms with van der Waals surface area (Å²) in [5.41, 5.74) is 0.257. The Bertz CT molecular complexity index is 362. The van der Waals surface area contributed by atoms with E-state index in [1.54, 1.807) is 11.3 Å². The van der Waals surface area contributed by atoms with Crippen LogP contribution in [0.5, 0.6) is 0 Å². The number of unbranched alkanes of at least 4 members (excludes halogenated alkanes) is 6. The fourth-order valence-corrected chi connectivity index (χ4v) is 3.64. The van der Waals surface area contributed by atoms with Crippen LogP contribution in [0.2, 0.25) is 0 Å². The number of aromatic nitrogens is 2. The number of aryl methyl sites for hydroxylation is 1. The fourth-order valence-electron chi connectivity index (χ4n) is 2.74. The van der Waals surface area contributed by atoms with E-state index in [9.17, 15) is 0 Å². The lowest BCUT2D eigenvalue weighted by atomic mass is 9.80. The summed E-state index contributed by atoms with van der Waals surface area (Å²) in [6, 6.07) is 0. The third-order valence-corrected chi connectivity index (χ3v) is 5.35. The van der Waals surface area contributed by atoms with Crippen LogP contribution in [0.4, 0.5) is 0 Å². The van der Waals surface area contributed by atoms with Crippen LogP contribution in [0.15, 0.2) is 0 Å². The van der Waals surface area contributed by atoms with Gasteiger partial charge in [0.2, 0.25) is 0 Å². The highest BCUT2D eigenvalue weighted by atomic mass is 32.1. The van der Waals surface area contributed by atoms with E-state index < -0.39 is 0 Å². The van der Waals surface area contributed by atoms with Crippen molar-refractivity contribution in [2.24, 2.45) is 0 Å². The van der Waals surface area contributed by atoms with Crippen LogP contribution < -0.4 is 0 Å². The van der Waals surface area contributed by atoms with Gasteiger partial charge in [-0.25, -0.2) is 0 Å². The molecule has 0 aliphatic rings. The molecule has 116 valence electrons. The van der Waals surface area contributed by atoms with Crippen LogP contribution in [-0.2, 0) is 5.41 Å². The van der Waals surface area contributed by atoms with Gasteiger partial charge in [0.15, 0.2) is 0 Å². The fraction of sp³-hybridized carbons (Fsp3) is 0.882. The first-order valence-corrected chi connectivity index (χ1v) is 9.24. The summed E-state index contributed by atoms with van der Waals surface area (Å²) < 4.78 is 0. The Labute approximate surface area is 129 Å². The number of hydrogen-bond acceptors (Lipinski definition) is 3. The summed E-state index contributed by atoms with van der Waals surface area (Å²) in [5.74, 6) is 0. The first kappa shape index (κ1) is 17.6. The first-order valence-electron chi connectivity index (χ1n) is 8.43. The maximum Gasteiger partial charge on any atom is 0.123 e. The maximum absolute atomic E-state index is 4.44. The highest BCUT2D eigenvalue weighted by Crippen LogP contribution is 2.36. The van der Waals surface area contributed by atoms with Gasteiger partial charge in [0.05, 0.1) is 0 Å². The lowest BCUT2D eigenvalue weighted by Crippen LogP contribution is -2.22. The van der Waals surface area contributed by atoms with Crippen molar-refractivity contribution in [3.8, 4) is 0 Å². The minimum absolute atomic E-state index is 0.257. The molecule has 0 aromatic carbocycles. The largest absolute Gasteiger partial charge is 0.144 e. The average Bonchev–Trinajstić information content (AvgIpc) is 2.88.